The summed E-state index contributed by atoms with van der Waals surface area (Å²) in [6.07, 6.45) is 0. The molecule has 0 amide bonds. The maximum atomic E-state index is 7.79. The number of hydrogen-bond donors (Lipinski definition) is 0. The molecule has 0 N–H and O–H groups in total. The molecule has 0 saturated carbocycles. The van der Waals surface area contributed by atoms with Gasteiger partial charge in [-0.15, -0.1) is 0 Å². The Morgan fingerprint density at radius 3 is 2.20 bits per heavy atom. The van der Waals surface area contributed by atoms with Crippen LogP contribution in [0.15, 0.2) is 12.2 Å². The van der Waals surface area contributed by atoms with Crippen molar-refractivity contribution in [2.75, 3.05) is 0 Å². The van der Waals surface area contributed by atoms with Gasteiger partial charge in [0.05, 0.1) is 6.07 Å². The SMILES string of the molecule is C=C(C)C#[15N]. The summed E-state index contributed by atoms with van der Waals surface area (Å²) in [4.78, 5) is 0. The predicted octanol–water partition coefficient (Wildman–Crippen LogP) is 1.09. The first-order valence-corrected chi connectivity index (χ1v) is 1.33. The first-order valence-electron chi connectivity index (χ1n) is 1.33. The molecule has 0 radical (unpaired) electrons. The molecule has 0 aliphatic carbocycles. The normalized spacial score (nSPS) is 5.60. The van der Waals surface area contributed by atoms with Crippen LogP contribution in [0, 0.1) is 11.3 Å². The van der Waals surface area contributed by atoms with Crippen LogP contribution in [-0.2, 0) is 0 Å². The average Bonchev–Trinajstić information content (AvgIpc) is 1.38. The molecule has 0 atom stereocenters. The van der Waals surface area contributed by atoms with E-state index in [1.807, 2.05) is 6.07 Å². The van der Waals surface area contributed by atoms with Crippen LogP contribution >= 0.6 is 0 Å². The Morgan fingerprint density at radius 2 is 2.20 bits per heavy atom. The maximum absolute atomic E-state index is 7.79. The Kier molecular flexibility index (Phi) is 1.30. The molecule has 0 heterocycles. The summed E-state index contributed by atoms with van der Waals surface area (Å²) in [5, 5.41) is 7.79. The highest BCUT2D eigenvalue weighted by Crippen LogP contribution is 1.74. The van der Waals surface area contributed by atoms with Crippen LogP contribution in [0.5, 0.6) is 0 Å². The molecule has 0 aromatic heterocycles. The number of allylic oxidation sites excluding steroid dienone is 1. The highest BCUT2D eigenvalue weighted by molar-refractivity contribution is 5.11. The minimum Gasteiger partial charge on any atom is -0.193 e. The van der Waals surface area contributed by atoms with Gasteiger partial charge in [0.2, 0.25) is 0 Å². The van der Waals surface area contributed by atoms with Gasteiger partial charge >= 0.3 is 0 Å². The minimum atomic E-state index is 0.560. The predicted molar refractivity (Wildman–Crippen MR) is 20.4 cm³/mol. The van der Waals surface area contributed by atoms with Crippen molar-refractivity contribution >= 4 is 0 Å². The van der Waals surface area contributed by atoms with Crippen molar-refractivity contribution in [3.8, 4) is 6.07 Å². The second kappa shape index (κ2) is 1.54. The van der Waals surface area contributed by atoms with Crippen molar-refractivity contribution in [2.45, 2.75) is 6.92 Å². The highest BCUT2D eigenvalue weighted by Gasteiger charge is 1.64. The van der Waals surface area contributed by atoms with Crippen LogP contribution in [0.2, 0.25) is 0 Å². The Labute approximate surface area is 31.5 Å². The van der Waals surface area contributed by atoms with Crippen molar-refractivity contribution in [2.24, 2.45) is 0 Å². The molecule has 1 heteroatoms. The summed E-state index contributed by atoms with van der Waals surface area (Å²) in [5.74, 6) is 0. The molecule has 26 valence electrons. The van der Waals surface area contributed by atoms with Crippen LogP contribution in [0.1, 0.15) is 6.92 Å². The quantitative estimate of drug-likeness (QED) is 0.308. The van der Waals surface area contributed by atoms with Gasteiger partial charge < -0.3 is 0 Å². The fourth-order valence-corrected chi connectivity index (χ4v) is 0. The van der Waals surface area contributed by atoms with Gasteiger partial charge in [0, 0.05) is 5.57 Å². The zero-order valence-corrected chi connectivity index (χ0v) is 3.15. The Morgan fingerprint density at radius 1 is 2.00 bits per heavy atom. The number of rotatable bonds is 0. The highest BCUT2D eigenvalue weighted by atomic mass is 15.1. The molecular formula is C4H5N. The lowest BCUT2D eigenvalue weighted by molar-refractivity contribution is 1.46. The smallest absolute Gasteiger partial charge is 0.0937 e. The zero-order chi connectivity index (χ0) is 4.28. The molecule has 0 unspecified atom stereocenters. The number of nitriles is 1. The number of hydrogen-bond acceptors (Lipinski definition) is 1. The second-order valence-corrected chi connectivity index (χ2v) is 0.892. The monoisotopic (exact) mass is 68.0 g/mol. The lowest BCUT2D eigenvalue weighted by atomic mass is 10.4. The van der Waals surface area contributed by atoms with E-state index in [-0.39, 0.29) is 0 Å². The van der Waals surface area contributed by atoms with Crippen LogP contribution in [-0.4, -0.2) is 0 Å². The Hall–Kier alpha value is -0.770. The van der Waals surface area contributed by atoms with Gasteiger partial charge in [-0.05, 0) is 6.92 Å². The molecule has 1 nitrogen and oxygen atoms in total. The van der Waals surface area contributed by atoms with E-state index in [9.17, 15) is 0 Å². The minimum absolute atomic E-state index is 0.560. The molecule has 5 heavy (non-hydrogen) atoms. The van der Waals surface area contributed by atoms with Gasteiger partial charge in [-0.2, -0.15) is 5.26 Å². The fourth-order valence-electron chi connectivity index (χ4n) is 0. The van der Waals surface area contributed by atoms with Crippen LogP contribution in [0.25, 0.3) is 0 Å². The van der Waals surface area contributed by atoms with Gasteiger partial charge in [0.15, 0.2) is 0 Å². The van der Waals surface area contributed by atoms with Crippen molar-refractivity contribution in [3.63, 3.8) is 0 Å². The van der Waals surface area contributed by atoms with E-state index in [1.165, 1.54) is 0 Å². The molecule has 0 spiro atoms. The molecule has 0 bridgehead atoms. The van der Waals surface area contributed by atoms with E-state index >= 15 is 0 Å². The largest absolute Gasteiger partial charge is 0.193 e. The molecule has 0 rings (SSSR count). The number of nitrogens with zero attached hydrogens (tertiary/aromatic N) is 1. The van der Waals surface area contributed by atoms with E-state index in [4.69, 9.17) is 5.26 Å². The lowest BCUT2D eigenvalue weighted by Crippen LogP contribution is -1.51. The first kappa shape index (κ1) is 4.23. The van der Waals surface area contributed by atoms with Crippen molar-refractivity contribution in [3.05, 3.63) is 12.2 Å². The van der Waals surface area contributed by atoms with Crippen LogP contribution in [0.4, 0.5) is 0 Å². The summed E-state index contributed by atoms with van der Waals surface area (Å²) >= 11 is 0. The Bertz CT molecular complexity index is 76.1. The van der Waals surface area contributed by atoms with Gasteiger partial charge in [0.1, 0.15) is 0 Å². The third-order valence-corrected chi connectivity index (χ3v) is 0.191. The summed E-state index contributed by atoms with van der Waals surface area (Å²) in [6.45, 7) is 4.98. The molecule has 0 aliphatic rings. The summed E-state index contributed by atoms with van der Waals surface area (Å²) in [7, 11) is 0. The standard InChI is InChI=1S/C4H5N/c1-4(2)3-5/h1H2,2H3/i5+1. The molecule has 0 saturated heterocycles. The van der Waals surface area contributed by atoms with Crippen LogP contribution < -0.4 is 0 Å². The maximum Gasteiger partial charge on any atom is 0.0937 e. The molecule has 0 aliphatic heterocycles. The van der Waals surface area contributed by atoms with Gasteiger partial charge in [-0.25, -0.2) is 0 Å². The molecule has 0 aromatic rings. The lowest BCUT2D eigenvalue weighted by Gasteiger charge is -1.61. The summed E-state index contributed by atoms with van der Waals surface area (Å²) in [6, 6.07) is 1.83. The van der Waals surface area contributed by atoms with E-state index in [2.05, 4.69) is 6.58 Å². The Balaban J connectivity index is 3.35. The zero-order valence-electron chi connectivity index (χ0n) is 3.15. The van der Waals surface area contributed by atoms with Gasteiger partial charge in [-0.1, -0.05) is 6.58 Å². The fraction of sp³-hybridized carbons (Fsp3) is 0.250. The molecular weight excluding hydrogens is 63.0 g/mol. The molecule has 0 fully saturated rings. The third kappa shape index (κ3) is 3.23. The van der Waals surface area contributed by atoms with E-state index in [0.717, 1.165) is 0 Å². The average molecular weight is 68.1 g/mol. The van der Waals surface area contributed by atoms with E-state index in [1.54, 1.807) is 6.92 Å². The first-order chi connectivity index (χ1) is 2.27. The van der Waals surface area contributed by atoms with E-state index < -0.39 is 0 Å². The molecule has 0 aromatic carbocycles. The third-order valence-electron chi connectivity index (χ3n) is 0.191. The van der Waals surface area contributed by atoms with E-state index in [0.29, 0.717) is 5.57 Å². The second-order valence-electron chi connectivity index (χ2n) is 0.892. The summed E-state index contributed by atoms with van der Waals surface area (Å²) in [5.41, 5.74) is 0.560. The van der Waals surface area contributed by atoms with Crippen molar-refractivity contribution in [1.82, 2.24) is 0 Å². The van der Waals surface area contributed by atoms with Gasteiger partial charge in [-0.3, -0.25) is 0 Å². The van der Waals surface area contributed by atoms with Crippen molar-refractivity contribution < 1.29 is 0 Å². The van der Waals surface area contributed by atoms with Crippen LogP contribution in [0.3, 0.4) is 0 Å². The van der Waals surface area contributed by atoms with Crippen molar-refractivity contribution in [1.29, 1.82) is 5.26 Å². The summed E-state index contributed by atoms with van der Waals surface area (Å²) < 4.78 is 0. The van der Waals surface area contributed by atoms with Gasteiger partial charge in [0.25, 0.3) is 0 Å². The topological polar surface area (TPSA) is 23.8 Å².